The zero-order chi connectivity index (χ0) is 11.7. The van der Waals surface area contributed by atoms with Crippen LogP contribution in [0.5, 0.6) is 0 Å². The minimum absolute atomic E-state index is 0.363. The van der Waals surface area contributed by atoms with E-state index in [9.17, 15) is 22.0 Å². The molecule has 0 bridgehead atoms. The molecule has 0 saturated carbocycles. The topological polar surface area (TPSA) is 25.8 Å². The van der Waals surface area contributed by atoms with Gasteiger partial charge < -0.3 is 0 Å². The highest BCUT2D eigenvalue weighted by molar-refractivity contribution is 5.07. The Kier molecular flexibility index (Phi) is 2.92. The predicted molar refractivity (Wildman–Crippen MR) is 41.3 cm³/mol. The van der Waals surface area contributed by atoms with E-state index in [0.717, 1.165) is 6.20 Å². The molecule has 0 radical (unpaired) electrons. The second-order valence-corrected chi connectivity index (χ2v) is 3.04. The van der Waals surface area contributed by atoms with E-state index < -0.39 is 24.2 Å². The van der Waals surface area contributed by atoms with E-state index in [0.29, 0.717) is 11.9 Å². The third kappa shape index (κ3) is 3.41. The molecule has 0 atom stereocenters. The van der Waals surface area contributed by atoms with Gasteiger partial charge in [0, 0.05) is 6.20 Å². The number of hydrogen-bond acceptors (Lipinski definition) is 2. The van der Waals surface area contributed by atoms with E-state index in [1.54, 1.807) is 0 Å². The molecule has 1 aromatic rings. The van der Waals surface area contributed by atoms with Crippen LogP contribution in [0.1, 0.15) is 17.8 Å². The smallest absolute Gasteiger partial charge is 0.258 e. The standard InChI is InChI=1S/C8H7F5N2/c1-5-2-15-6(3-14-5)7(9,10)4-8(11,12)13/h2-3H,4H2,1H3. The molecule has 0 N–H and O–H groups in total. The maximum atomic E-state index is 13.0. The van der Waals surface area contributed by atoms with Gasteiger partial charge in [-0.2, -0.15) is 22.0 Å². The molecule has 0 aliphatic carbocycles. The Labute approximate surface area is 82.2 Å². The highest BCUT2D eigenvalue weighted by Gasteiger charge is 2.46. The highest BCUT2D eigenvalue weighted by atomic mass is 19.4. The van der Waals surface area contributed by atoms with Crippen molar-refractivity contribution in [1.82, 2.24) is 9.97 Å². The first-order valence-electron chi connectivity index (χ1n) is 3.94. The SMILES string of the molecule is Cc1cnc(C(F)(F)CC(F)(F)F)cn1. The molecule has 1 aromatic heterocycles. The fourth-order valence-corrected chi connectivity index (χ4v) is 0.924. The monoisotopic (exact) mass is 226 g/mol. The Morgan fingerprint density at radius 1 is 1.07 bits per heavy atom. The van der Waals surface area contributed by atoms with Crippen LogP contribution in [0, 0.1) is 6.92 Å². The fraction of sp³-hybridized carbons (Fsp3) is 0.500. The molecule has 2 nitrogen and oxygen atoms in total. The lowest BCUT2D eigenvalue weighted by molar-refractivity contribution is -0.192. The molecule has 0 fully saturated rings. The summed E-state index contributed by atoms with van der Waals surface area (Å²) in [5.74, 6) is -4.03. The molecule has 15 heavy (non-hydrogen) atoms. The van der Waals surface area contributed by atoms with E-state index >= 15 is 0 Å². The van der Waals surface area contributed by atoms with Crippen LogP contribution in [0.2, 0.25) is 0 Å². The van der Waals surface area contributed by atoms with Crippen molar-refractivity contribution >= 4 is 0 Å². The van der Waals surface area contributed by atoms with E-state index in [-0.39, 0.29) is 0 Å². The van der Waals surface area contributed by atoms with Gasteiger partial charge in [0.05, 0.1) is 11.9 Å². The van der Waals surface area contributed by atoms with Crippen LogP contribution in [0.3, 0.4) is 0 Å². The van der Waals surface area contributed by atoms with Crippen molar-refractivity contribution in [1.29, 1.82) is 0 Å². The summed E-state index contributed by atoms with van der Waals surface area (Å²) in [5.41, 5.74) is -0.605. The van der Waals surface area contributed by atoms with Gasteiger partial charge in [-0.15, -0.1) is 0 Å². The average Bonchev–Trinajstić information content (AvgIpc) is 2.00. The Hall–Kier alpha value is -1.27. The van der Waals surface area contributed by atoms with Gasteiger partial charge in [-0.3, -0.25) is 9.97 Å². The molecule has 0 amide bonds. The van der Waals surface area contributed by atoms with Gasteiger partial charge in [0.1, 0.15) is 12.1 Å². The Morgan fingerprint density at radius 2 is 1.67 bits per heavy atom. The Morgan fingerprint density at radius 3 is 2.07 bits per heavy atom. The molecule has 7 heteroatoms. The molecule has 0 unspecified atom stereocenters. The number of halogens is 5. The van der Waals surface area contributed by atoms with Gasteiger partial charge >= 0.3 is 6.18 Å². The van der Waals surface area contributed by atoms with Gasteiger partial charge in [0.25, 0.3) is 5.92 Å². The summed E-state index contributed by atoms with van der Waals surface area (Å²) in [5, 5.41) is 0. The molecule has 1 rings (SSSR count). The number of rotatable bonds is 2. The third-order valence-corrected chi connectivity index (χ3v) is 1.58. The number of alkyl halides is 5. The maximum absolute atomic E-state index is 13.0. The van der Waals surface area contributed by atoms with Crippen LogP contribution in [-0.2, 0) is 5.92 Å². The number of aryl methyl sites for hydroxylation is 1. The zero-order valence-corrected chi connectivity index (χ0v) is 7.65. The summed E-state index contributed by atoms with van der Waals surface area (Å²) in [6, 6.07) is 0. The zero-order valence-electron chi connectivity index (χ0n) is 7.65. The van der Waals surface area contributed by atoms with Crippen molar-refractivity contribution < 1.29 is 22.0 Å². The minimum atomic E-state index is -4.93. The van der Waals surface area contributed by atoms with Crippen LogP contribution < -0.4 is 0 Å². The van der Waals surface area contributed by atoms with Crippen LogP contribution in [-0.4, -0.2) is 16.1 Å². The minimum Gasteiger partial charge on any atom is -0.258 e. The van der Waals surface area contributed by atoms with Crippen molar-refractivity contribution in [3.05, 3.63) is 23.8 Å². The Balaban J connectivity index is 2.90. The fourth-order valence-electron chi connectivity index (χ4n) is 0.924. The quantitative estimate of drug-likeness (QED) is 0.724. The number of hydrogen-bond donors (Lipinski definition) is 0. The van der Waals surface area contributed by atoms with Crippen LogP contribution in [0.25, 0.3) is 0 Å². The molecule has 0 spiro atoms. The molecule has 0 saturated heterocycles. The van der Waals surface area contributed by atoms with Crippen LogP contribution >= 0.6 is 0 Å². The molecule has 0 aromatic carbocycles. The molecule has 1 heterocycles. The molecular weight excluding hydrogens is 219 g/mol. The van der Waals surface area contributed by atoms with E-state index in [4.69, 9.17) is 0 Å². The second-order valence-electron chi connectivity index (χ2n) is 3.04. The van der Waals surface area contributed by atoms with Crippen molar-refractivity contribution in [2.45, 2.75) is 25.4 Å². The first-order chi connectivity index (χ1) is 6.71. The lowest BCUT2D eigenvalue weighted by Crippen LogP contribution is -2.24. The lowest BCUT2D eigenvalue weighted by atomic mass is 10.1. The summed E-state index contributed by atoms with van der Waals surface area (Å²) in [6.45, 7) is 1.50. The number of nitrogens with zero attached hydrogens (tertiary/aromatic N) is 2. The van der Waals surface area contributed by atoms with Crippen molar-refractivity contribution in [2.24, 2.45) is 0 Å². The summed E-state index contributed by atoms with van der Waals surface area (Å²) in [4.78, 5) is 6.69. The Bertz CT molecular complexity index is 330. The van der Waals surface area contributed by atoms with Gasteiger partial charge in [-0.25, -0.2) is 0 Å². The van der Waals surface area contributed by atoms with Gasteiger partial charge in [0.2, 0.25) is 0 Å². The first kappa shape index (κ1) is 11.8. The van der Waals surface area contributed by atoms with Gasteiger partial charge in [-0.1, -0.05) is 0 Å². The van der Waals surface area contributed by atoms with Crippen molar-refractivity contribution in [3.8, 4) is 0 Å². The molecular formula is C8H7F5N2. The third-order valence-electron chi connectivity index (χ3n) is 1.58. The van der Waals surface area contributed by atoms with Crippen LogP contribution in [0.4, 0.5) is 22.0 Å². The van der Waals surface area contributed by atoms with E-state index in [2.05, 4.69) is 9.97 Å². The summed E-state index contributed by atoms with van der Waals surface area (Å²) >= 11 is 0. The lowest BCUT2D eigenvalue weighted by Gasteiger charge is -2.16. The molecule has 0 aliphatic heterocycles. The predicted octanol–water partition coefficient (Wildman–Crippen LogP) is 2.83. The van der Waals surface area contributed by atoms with Crippen molar-refractivity contribution in [2.75, 3.05) is 0 Å². The summed E-state index contributed by atoms with van der Waals surface area (Å²) in [7, 11) is 0. The number of aromatic nitrogens is 2. The largest absolute Gasteiger partial charge is 0.395 e. The van der Waals surface area contributed by atoms with E-state index in [1.165, 1.54) is 6.92 Å². The van der Waals surface area contributed by atoms with Gasteiger partial charge in [0.15, 0.2) is 0 Å². The molecule has 84 valence electrons. The maximum Gasteiger partial charge on any atom is 0.395 e. The van der Waals surface area contributed by atoms with Gasteiger partial charge in [-0.05, 0) is 6.92 Å². The van der Waals surface area contributed by atoms with Crippen molar-refractivity contribution in [3.63, 3.8) is 0 Å². The summed E-state index contributed by atoms with van der Waals surface area (Å²) < 4.78 is 61.3. The summed E-state index contributed by atoms with van der Waals surface area (Å²) in [6.07, 6.45) is -5.51. The van der Waals surface area contributed by atoms with E-state index in [1.807, 2.05) is 0 Å². The second kappa shape index (κ2) is 3.71. The normalized spacial score (nSPS) is 12.9. The van der Waals surface area contributed by atoms with Crippen LogP contribution in [0.15, 0.2) is 12.4 Å². The average molecular weight is 226 g/mol. The molecule has 0 aliphatic rings. The first-order valence-corrected chi connectivity index (χ1v) is 3.94. The highest BCUT2D eigenvalue weighted by Crippen LogP contribution is 2.37.